The molecule has 0 saturated carbocycles. The molecule has 0 radical (unpaired) electrons. The molecule has 0 spiro atoms. The molecule has 2 N–H and O–H groups in total. The number of carbonyl (C=O) groups excluding carboxylic acids is 2. The smallest absolute Gasteiger partial charge is 0.272 e. The van der Waals surface area contributed by atoms with Crippen molar-refractivity contribution in [1.29, 1.82) is 0 Å². The van der Waals surface area contributed by atoms with Crippen LogP contribution >= 0.6 is 23.2 Å². The SMILES string of the molecule is CCc1nn(C)c(C(=O)NNC(=O)CCl)c1Cl. The van der Waals surface area contributed by atoms with Crippen molar-refractivity contribution in [3.05, 3.63) is 16.4 Å². The highest BCUT2D eigenvalue weighted by Gasteiger charge is 2.19. The van der Waals surface area contributed by atoms with Gasteiger partial charge in [-0.2, -0.15) is 5.10 Å². The summed E-state index contributed by atoms with van der Waals surface area (Å²) in [5.41, 5.74) is 5.16. The Morgan fingerprint density at radius 3 is 2.53 bits per heavy atom. The van der Waals surface area contributed by atoms with E-state index in [1.165, 1.54) is 4.68 Å². The average molecular weight is 279 g/mol. The van der Waals surface area contributed by atoms with Gasteiger partial charge in [0, 0.05) is 7.05 Å². The first-order valence-corrected chi connectivity index (χ1v) is 5.79. The molecule has 0 fully saturated rings. The third kappa shape index (κ3) is 3.10. The minimum absolute atomic E-state index is 0.193. The lowest BCUT2D eigenvalue weighted by atomic mass is 10.3. The minimum atomic E-state index is -0.539. The molecule has 0 aliphatic rings. The number of hydrogen-bond donors (Lipinski definition) is 2. The van der Waals surface area contributed by atoms with Gasteiger partial charge in [0.1, 0.15) is 11.6 Å². The summed E-state index contributed by atoms with van der Waals surface area (Å²) in [6.07, 6.45) is 0.619. The highest BCUT2D eigenvalue weighted by Crippen LogP contribution is 2.20. The summed E-state index contributed by atoms with van der Waals surface area (Å²) in [5, 5.41) is 4.37. The van der Waals surface area contributed by atoms with Gasteiger partial charge in [-0.3, -0.25) is 25.1 Å². The standard InChI is InChI=1S/C9H12Cl2N4O2/c1-3-5-7(11)8(15(2)14-5)9(17)13-12-6(16)4-10/h3-4H2,1-2H3,(H,12,16)(H,13,17). The van der Waals surface area contributed by atoms with Crippen molar-refractivity contribution in [2.75, 3.05) is 5.88 Å². The number of carbonyl (C=O) groups is 2. The average Bonchev–Trinajstić information content (AvgIpc) is 2.60. The largest absolute Gasteiger partial charge is 0.289 e. The van der Waals surface area contributed by atoms with Gasteiger partial charge in [0.2, 0.25) is 0 Å². The molecule has 0 unspecified atom stereocenters. The third-order valence-electron chi connectivity index (χ3n) is 2.04. The summed E-state index contributed by atoms with van der Waals surface area (Å²) < 4.78 is 1.36. The molecular formula is C9H12Cl2N4O2. The first-order chi connectivity index (χ1) is 8.01. The first kappa shape index (κ1) is 13.8. The number of amides is 2. The van der Waals surface area contributed by atoms with E-state index in [0.29, 0.717) is 12.1 Å². The summed E-state index contributed by atoms with van der Waals surface area (Å²) >= 11 is 11.3. The van der Waals surface area contributed by atoms with E-state index in [2.05, 4.69) is 16.0 Å². The van der Waals surface area contributed by atoms with Crippen LogP contribution in [0.25, 0.3) is 0 Å². The van der Waals surface area contributed by atoms with E-state index in [1.807, 2.05) is 6.92 Å². The number of aromatic nitrogens is 2. The molecule has 1 aromatic heterocycles. The van der Waals surface area contributed by atoms with Crippen LogP contribution in [0.15, 0.2) is 0 Å². The summed E-state index contributed by atoms with van der Waals surface area (Å²) in [5.74, 6) is -1.28. The van der Waals surface area contributed by atoms with Crippen LogP contribution in [0.4, 0.5) is 0 Å². The lowest BCUT2D eigenvalue weighted by Crippen LogP contribution is -2.43. The summed E-state index contributed by atoms with van der Waals surface area (Å²) in [6, 6.07) is 0. The van der Waals surface area contributed by atoms with Crippen molar-refractivity contribution in [2.24, 2.45) is 7.05 Å². The zero-order chi connectivity index (χ0) is 13.0. The summed E-state index contributed by atoms with van der Waals surface area (Å²) in [7, 11) is 1.60. The van der Waals surface area contributed by atoms with Gasteiger partial charge in [-0.05, 0) is 6.42 Å². The normalized spacial score (nSPS) is 10.1. The number of nitrogens with one attached hydrogen (secondary N) is 2. The number of hydrazine groups is 1. The van der Waals surface area contributed by atoms with Crippen molar-refractivity contribution in [1.82, 2.24) is 20.6 Å². The molecule has 6 nitrogen and oxygen atoms in total. The van der Waals surface area contributed by atoms with Crippen LogP contribution in [0, 0.1) is 0 Å². The highest BCUT2D eigenvalue weighted by atomic mass is 35.5. The predicted octanol–water partition coefficient (Wildman–Crippen LogP) is 0.636. The van der Waals surface area contributed by atoms with Gasteiger partial charge in [-0.25, -0.2) is 0 Å². The van der Waals surface area contributed by atoms with Gasteiger partial charge in [0.25, 0.3) is 11.8 Å². The van der Waals surface area contributed by atoms with Gasteiger partial charge < -0.3 is 0 Å². The van der Waals surface area contributed by atoms with Crippen LogP contribution < -0.4 is 10.9 Å². The van der Waals surface area contributed by atoms with Crippen LogP contribution in [-0.4, -0.2) is 27.5 Å². The maximum absolute atomic E-state index is 11.7. The van der Waals surface area contributed by atoms with E-state index >= 15 is 0 Å². The quantitative estimate of drug-likeness (QED) is 0.629. The van der Waals surface area contributed by atoms with E-state index in [1.54, 1.807) is 7.05 Å². The maximum Gasteiger partial charge on any atom is 0.289 e. The first-order valence-electron chi connectivity index (χ1n) is 4.87. The molecule has 0 bridgehead atoms. The number of hydrogen-bond acceptors (Lipinski definition) is 3. The fraction of sp³-hybridized carbons (Fsp3) is 0.444. The lowest BCUT2D eigenvalue weighted by molar-refractivity contribution is -0.119. The van der Waals surface area contributed by atoms with Gasteiger partial charge in [-0.1, -0.05) is 18.5 Å². The van der Waals surface area contributed by atoms with E-state index in [4.69, 9.17) is 23.2 Å². The monoisotopic (exact) mass is 278 g/mol. The van der Waals surface area contributed by atoms with Crippen LogP contribution in [0.5, 0.6) is 0 Å². The van der Waals surface area contributed by atoms with E-state index < -0.39 is 11.8 Å². The fourth-order valence-electron chi connectivity index (χ4n) is 1.25. The number of nitrogens with zero attached hydrogens (tertiary/aromatic N) is 2. The van der Waals surface area contributed by atoms with Gasteiger partial charge in [0.05, 0.1) is 10.7 Å². The van der Waals surface area contributed by atoms with Crippen molar-refractivity contribution in [3.63, 3.8) is 0 Å². The molecule has 0 aliphatic carbocycles. The maximum atomic E-state index is 11.7. The number of rotatable bonds is 3. The molecule has 94 valence electrons. The molecular weight excluding hydrogens is 267 g/mol. The Morgan fingerprint density at radius 2 is 2.06 bits per heavy atom. The topological polar surface area (TPSA) is 76.0 Å². The molecule has 17 heavy (non-hydrogen) atoms. The Balaban J connectivity index is 2.82. The second-order valence-electron chi connectivity index (χ2n) is 3.22. The Hall–Kier alpha value is -1.27. The minimum Gasteiger partial charge on any atom is -0.272 e. The summed E-state index contributed by atoms with van der Waals surface area (Å²) in [4.78, 5) is 22.6. The predicted molar refractivity (Wildman–Crippen MR) is 63.9 cm³/mol. The van der Waals surface area contributed by atoms with E-state index in [-0.39, 0.29) is 16.6 Å². The van der Waals surface area contributed by atoms with Crippen molar-refractivity contribution in [2.45, 2.75) is 13.3 Å². The van der Waals surface area contributed by atoms with Gasteiger partial charge >= 0.3 is 0 Å². The zero-order valence-corrected chi connectivity index (χ0v) is 10.9. The molecule has 0 atom stereocenters. The Kier molecular flexibility index (Phi) is 4.77. The number of alkyl halides is 1. The van der Waals surface area contributed by atoms with Crippen molar-refractivity contribution in [3.8, 4) is 0 Å². The fourth-order valence-corrected chi connectivity index (χ4v) is 1.69. The van der Waals surface area contributed by atoms with Gasteiger partial charge in [0.15, 0.2) is 0 Å². The van der Waals surface area contributed by atoms with Crippen LogP contribution in [0.2, 0.25) is 5.02 Å². The van der Waals surface area contributed by atoms with Gasteiger partial charge in [-0.15, -0.1) is 11.6 Å². The molecule has 0 aromatic carbocycles. The van der Waals surface area contributed by atoms with Crippen molar-refractivity contribution >= 4 is 35.0 Å². The van der Waals surface area contributed by atoms with Crippen LogP contribution in [0.1, 0.15) is 23.1 Å². The Labute approximate surface area is 108 Å². The van der Waals surface area contributed by atoms with Crippen molar-refractivity contribution < 1.29 is 9.59 Å². The van der Waals surface area contributed by atoms with Crippen LogP contribution in [-0.2, 0) is 18.3 Å². The molecule has 2 amide bonds. The highest BCUT2D eigenvalue weighted by molar-refractivity contribution is 6.34. The molecule has 0 aliphatic heterocycles. The lowest BCUT2D eigenvalue weighted by Gasteiger charge is -2.06. The molecule has 8 heteroatoms. The number of halogens is 2. The Morgan fingerprint density at radius 1 is 1.41 bits per heavy atom. The van der Waals surface area contributed by atoms with Crippen LogP contribution in [0.3, 0.4) is 0 Å². The molecule has 1 rings (SSSR count). The second kappa shape index (κ2) is 5.88. The summed E-state index contributed by atoms with van der Waals surface area (Å²) in [6.45, 7) is 1.88. The zero-order valence-electron chi connectivity index (χ0n) is 9.38. The van der Waals surface area contributed by atoms with E-state index in [0.717, 1.165) is 0 Å². The molecule has 1 aromatic rings. The molecule has 0 saturated heterocycles. The third-order valence-corrected chi connectivity index (χ3v) is 2.68. The Bertz CT molecular complexity index is 444. The number of aryl methyl sites for hydroxylation is 2. The molecule has 1 heterocycles. The second-order valence-corrected chi connectivity index (χ2v) is 3.87. The van der Waals surface area contributed by atoms with E-state index in [9.17, 15) is 9.59 Å².